The molecular formula is C14H14BrFN2S2. The lowest BCUT2D eigenvalue weighted by molar-refractivity contribution is 0.619. The second-order valence-corrected chi connectivity index (χ2v) is 6.55. The molecule has 6 heteroatoms. The normalized spacial score (nSPS) is 12.2. The van der Waals surface area contributed by atoms with Gasteiger partial charge in [-0.25, -0.2) is 4.39 Å². The van der Waals surface area contributed by atoms with Crippen LogP contribution in [-0.4, -0.2) is 11.0 Å². The molecule has 106 valence electrons. The Morgan fingerprint density at radius 3 is 2.85 bits per heavy atom. The lowest BCUT2D eigenvalue weighted by Crippen LogP contribution is -2.19. The summed E-state index contributed by atoms with van der Waals surface area (Å²) in [5, 5.41) is 7.31. The van der Waals surface area contributed by atoms with Crippen LogP contribution in [0.4, 0.5) is 10.1 Å². The molecule has 0 bridgehead atoms. The van der Waals surface area contributed by atoms with E-state index in [2.05, 4.69) is 32.7 Å². The molecule has 3 N–H and O–H groups in total. The minimum absolute atomic E-state index is 0.127. The quantitative estimate of drug-likeness (QED) is 0.767. The second-order valence-electron chi connectivity index (χ2n) is 4.53. The minimum Gasteiger partial charge on any atom is -0.389 e. The van der Waals surface area contributed by atoms with E-state index >= 15 is 0 Å². The molecule has 0 aliphatic heterocycles. The van der Waals surface area contributed by atoms with Crippen molar-refractivity contribution in [3.8, 4) is 0 Å². The molecule has 20 heavy (non-hydrogen) atoms. The van der Waals surface area contributed by atoms with Gasteiger partial charge in [0.05, 0.1) is 10.2 Å². The van der Waals surface area contributed by atoms with E-state index in [9.17, 15) is 4.39 Å². The van der Waals surface area contributed by atoms with Crippen LogP contribution in [0.15, 0.2) is 33.4 Å². The smallest absolute Gasteiger partial charge is 0.161 e. The Bertz CT molecular complexity index is 614. The van der Waals surface area contributed by atoms with Crippen LogP contribution in [0.5, 0.6) is 0 Å². The highest BCUT2D eigenvalue weighted by Gasteiger charge is 2.14. The van der Waals surface area contributed by atoms with Crippen LogP contribution in [0.1, 0.15) is 18.1 Å². The molecule has 1 aromatic carbocycles. The third-order valence-electron chi connectivity index (χ3n) is 2.87. The number of halogens is 2. The maximum absolute atomic E-state index is 14.2. The third kappa shape index (κ3) is 3.56. The maximum Gasteiger partial charge on any atom is 0.161 e. The fourth-order valence-corrected chi connectivity index (χ4v) is 3.47. The van der Waals surface area contributed by atoms with Crippen LogP contribution in [-0.2, 0) is 6.42 Å². The summed E-state index contributed by atoms with van der Waals surface area (Å²) in [6.07, 6.45) is 0.845. The second kappa shape index (κ2) is 6.65. The molecule has 2 nitrogen and oxygen atoms in total. The number of anilines is 1. The molecule has 1 heterocycles. The van der Waals surface area contributed by atoms with Crippen molar-refractivity contribution in [2.45, 2.75) is 19.4 Å². The minimum atomic E-state index is -0.368. The molecule has 0 aliphatic carbocycles. The zero-order valence-electron chi connectivity index (χ0n) is 10.8. The van der Waals surface area contributed by atoms with E-state index in [-0.39, 0.29) is 16.8 Å². The molecule has 0 radical (unpaired) electrons. The van der Waals surface area contributed by atoms with Crippen LogP contribution in [0.3, 0.4) is 0 Å². The van der Waals surface area contributed by atoms with Crippen LogP contribution < -0.4 is 11.1 Å². The van der Waals surface area contributed by atoms with Crippen LogP contribution in [0.25, 0.3) is 0 Å². The number of nitrogens with two attached hydrogens (primary N) is 1. The van der Waals surface area contributed by atoms with E-state index in [1.54, 1.807) is 23.5 Å². The van der Waals surface area contributed by atoms with Crippen molar-refractivity contribution >= 4 is 50.2 Å². The number of rotatable bonds is 5. The maximum atomic E-state index is 14.2. The number of nitrogens with one attached hydrogen (secondary N) is 1. The van der Waals surface area contributed by atoms with Crippen molar-refractivity contribution in [1.29, 1.82) is 0 Å². The molecule has 0 aliphatic rings. The molecule has 0 amide bonds. The lowest BCUT2D eigenvalue weighted by atomic mass is 10.1. The summed E-state index contributed by atoms with van der Waals surface area (Å²) in [6, 6.07) is 5.58. The standard InChI is InChI=1S/C14H14BrFN2S2/c1-8(6-9-4-5-20-7-9)18-11-3-2-10(14(17)19)12(15)13(11)16/h2-5,7-8,18H,6H2,1H3,(H2,17,19). The van der Waals surface area contributed by atoms with Gasteiger partial charge in [-0.05, 0) is 63.8 Å². The highest BCUT2D eigenvalue weighted by atomic mass is 79.9. The number of benzene rings is 1. The Morgan fingerprint density at radius 1 is 1.50 bits per heavy atom. The highest BCUT2D eigenvalue weighted by molar-refractivity contribution is 9.10. The molecule has 1 aromatic heterocycles. The van der Waals surface area contributed by atoms with E-state index in [0.29, 0.717) is 15.7 Å². The number of thiocarbonyl (C=S) groups is 1. The Hall–Kier alpha value is -0.980. The molecule has 1 unspecified atom stereocenters. The summed E-state index contributed by atoms with van der Waals surface area (Å²) in [5.74, 6) is -0.368. The Balaban J connectivity index is 2.13. The summed E-state index contributed by atoms with van der Waals surface area (Å²) in [7, 11) is 0. The average molecular weight is 373 g/mol. The average Bonchev–Trinajstić information content (AvgIpc) is 2.87. The van der Waals surface area contributed by atoms with E-state index < -0.39 is 0 Å². The molecule has 0 spiro atoms. The van der Waals surface area contributed by atoms with Gasteiger partial charge in [0, 0.05) is 11.6 Å². The van der Waals surface area contributed by atoms with Crippen LogP contribution >= 0.6 is 39.5 Å². The monoisotopic (exact) mass is 372 g/mol. The molecular weight excluding hydrogens is 359 g/mol. The van der Waals surface area contributed by atoms with Gasteiger partial charge in [0.25, 0.3) is 0 Å². The van der Waals surface area contributed by atoms with Gasteiger partial charge in [-0.15, -0.1) is 0 Å². The first-order valence-corrected chi connectivity index (χ1v) is 8.19. The van der Waals surface area contributed by atoms with Gasteiger partial charge in [0.2, 0.25) is 0 Å². The first kappa shape index (κ1) is 15.4. The van der Waals surface area contributed by atoms with Crippen molar-refractivity contribution in [3.63, 3.8) is 0 Å². The molecule has 0 saturated heterocycles. The summed E-state index contributed by atoms with van der Waals surface area (Å²) < 4.78 is 14.5. The molecule has 2 rings (SSSR count). The highest BCUT2D eigenvalue weighted by Crippen LogP contribution is 2.27. The first-order chi connectivity index (χ1) is 9.49. The van der Waals surface area contributed by atoms with E-state index in [4.69, 9.17) is 18.0 Å². The van der Waals surface area contributed by atoms with Crippen molar-refractivity contribution in [2.24, 2.45) is 5.73 Å². The predicted molar refractivity (Wildman–Crippen MR) is 91.1 cm³/mol. The van der Waals surface area contributed by atoms with Gasteiger partial charge in [-0.3, -0.25) is 0 Å². The van der Waals surface area contributed by atoms with Gasteiger partial charge in [0.1, 0.15) is 4.99 Å². The van der Waals surface area contributed by atoms with Gasteiger partial charge in [0.15, 0.2) is 5.82 Å². The van der Waals surface area contributed by atoms with Crippen molar-refractivity contribution < 1.29 is 4.39 Å². The van der Waals surface area contributed by atoms with E-state index in [1.165, 1.54) is 5.56 Å². The first-order valence-electron chi connectivity index (χ1n) is 6.04. The molecule has 0 saturated carbocycles. The van der Waals surface area contributed by atoms with Crippen LogP contribution in [0, 0.1) is 5.82 Å². The van der Waals surface area contributed by atoms with Gasteiger partial charge in [-0.1, -0.05) is 12.2 Å². The van der Waals surface area contributed by atoms with Gasteiger partial charge in [-0.2, -0.15) is 11.3 Å². The molecule has 1 atom stereocenters. The van der Waals surface area contributed by atoms with E-state index in [1.807, 2.05) is 12.3 Å². The SMILES string of the molecule is CC(Cc1ccsc1)Nc1ccc(C(N)=S)c(Br)c1F. The van der Waals surface area contributed by atoms with E-state index in [0.717, 1.165) is 6.42 Å². The largest absolute Gasteiger partial charge is 0.389 e. The number of hydrogen-bond donors (Lipinski definition) is 2. The van der Waals surface area contributed by atoms with Crippen molar-refractivity contribution in [3.05, 3.63) is 50.4 Å². The number of thiophene rings is 1. The Labute approximate surface area is 135 Å². The fraction of sp³-hybridized carbons (Fsp3) is 0.214. The van der Waals surface area contributed by atoms with Gasteiger partial charge >= 0.3 is 0 Å². The summed E-state index contributed by atoms with van der Waals surface area (Å²) in [6.45, 7) is 2.02. The lowest BCUT2D eigenvalue weighted by Gasteiger charge is -2.16. The zero-order valence-corrected chi connectivity index (χ0v) is 14.0. The fourth-order valence-electron chi connectivity index (χ4n) is 1.93. The summed E-state index contributed by atoms with van der Waals surface area (Å²) in [5.41, 5.74) is 7.74. The topological polar surface area (TPSA) is 38.0 Å². The zero-order chi connectivity index (χ0) is 14.7. The summed E-state index contributed by atoms with van der Waals surface area (Å²) >= 11 is 9.74. The predicted octanol–water partition coefficient (Wildman–Crippen LogP) is 4.33. The summed E-state index contributed by atoms with van der Waals surface area (Å²) in [4.78, 5) is 0.175. The van der Waals surface area contributed by atoms with Gasteiger partial charge < -0.3 is 11.1 Å². The molecule has 2 aromatic rings. The third-order valence-corrected chi connectivity index (χ3v) is 4.60. The Morgan fingerprint density at radius 2 is 2.25 bits per heavy atom. The van der Waals surface area contributed by atoms with Crippen molar-refractivity contribution in [1.82, 2.24) is 0 Å². The Kier molecular flexibility index (Phi) is 5.12. The van der Waals surface area contributed by atoms with Crippen LogP contribution in [0.2, 0.25) is 0 Å². The van der Waals surface area contributed by atoms with Crippen molar-refractivity contribution in [2.75, 3.05) is 5.32 Å². The molecule has 0 fully saturated rings. The number of hydrogen-bond acceptors (Lipinski definition) is 3.